The van der Waals surface area contributed by atoms with Crippen molar-refractivity contribution in [2.24, 2.45) is 5.73 Å². The maximum Gasteiger partial charge on any atom is 0.327 e. The summed E-state index contributed by atoms with van der Waals surface area (Å²) in [6.45, 7) is 0. The van der Waals surface area contributed by atoms with Crippen molar-refractivity contribution in [3.63, 3.8) is 0 Å². The average molecular weight is 279 g/mol. The fraction of sp³-hybridized carbons (Fsp3) is 0.222. The zero-order valence-corrected chi connectivity index (χ0v) is 9.80. The molecule has 14 heavy (non-hydrogen) atoms. The summed E-state index contributed by atoms with van der Waals surface area (Å²) in [4.78, 5) is 11.2. The molecule has 0 amide bonds. The highest BCUT2D eigenvalue weighted by atomic mass is 79.9. The summed E-state index contributed by atoms with van der Waals surface area (Å²) >= 11 is 9.06. The predicted octanol–water partition coefficient (Wildman–Crippen LogP) is 2.28. The van der Waals surface area contributed by atoms with Crippen molar-refractivity contribution in [1.82, 2.24) is 0 Å². The van der Waals surface area contributed by atoms with Crippen LogP contribution in [-0.2, 0) is 9.53 Å². The van der Waals surface area contributed by atoms with Gasteiger partial charge in [0.25, 0.3) is 0 Å². The number of nitrogens with two attached hydrogens (primary N) is 1. The van der Waals surface area contributed by atoms with Crippen LogP contribution >= 0.6 is 27.5 Å². The van der Waals surface area contributed by atoms with Gasteiger partial charge in [-0.25, -0.2) is 0 Å². The van der Waals surface area contributed by atoms with Crippen LogP contribution in [0.3, 0.4) is 0 Å². The zero-order valence-electron chi connectivity index (χ0n) is 7.46. The van der Waals surface area contributed by atoms with E-state index >= 15 is 0 Å². The van der Waals surface area contributed by atoms with Crippen LogP contribution in [0.25, 0.3) is 0 Å². The molecule has 0 bridgehead atoms. The Balaban J connectivity index is 3.05. The first-order valence-electron chi connectivity index (χ1n) is 3.84. The third-order valence-corrected chi connectivity index (χ3v) is 2.71. The van der Waals surface area contributed by atoms with Crippen LogP contribution < -0.4 is 5.73 Å². The quantitative estimate of drug-likeness (QED) is 0.844. The third-order valence-electron chi connectivity index (χ3n) is 1.75. The van der Waals surface area contributed by atoms with Crippen molar-refractivity contribution in [3.05, 3.63) is 33.3 Å². The summed E-state index contributed by atoms with van der Waals surface area (Å²) in [6, 6.07) is 4.26. The van der Waals surface area contributed by atoms with Crippen molar-refractivity contribution in [3.8, 4) is 0 Å². The van der Waals surface area contributed by atoms with Crippen LogP contribution in [0.2, 0.25) is 5.02 Å². The van der Waals surface area contributed by atoms with Crippen LogP contribution in [0.1, 0.15) is 11.6 Å². The summed E-state index contributed by atoms with van der Waals surface area (Å²) in [5, 5.41) is 0.530. The van der Waals surface area contributed by atoms with Gasteiger partial charge in [-0.15, -0.1) is 0 Å². The molecule has 0 spiro atoms. The van der Waals surface area contributed by atoms with Crippen LogP contribution in [0.4, 0.5) is 0 Å². The lowest BCUT2D eigenvalue weighted by Gasteiger charge is -2.11. The molecule has 0 unspecified atom stereocenters. The molecule has 5 heteroatoms. The van der Waals surface area contributed by atoms with Crippen molar-refractivity contribution >= 4 is 33.5 Å². The number of halogens is 2. The van der Waals surface area contributed by atoms with Gasteiger partial charge in [-0.05, 0) is 23.8 Å². The number of ether oxygens (including phenoxy) is 1. The number of hydrogen-bond acceptors (Lipinski definition) is 3. The van der Waals surface area contributed by atoms with Crippen molar-refractivity contribution in [2.45, 2.75) is 6.04 Å². The maximum atomic E-state index is 11.2. The van der Waals surface area contributed by atoms with E-state index in [4.69, 9.17) is 17.3 Å². The van der Waals surface area contributed by atoms with E-state index < -0.39 is 12.0 Å². The van der Waals surface area contributed by atoms with E-state index in [1.165, 1.54) is 7.11 Å². The van der Waals surface area contributed by atoms with E-state index in [-0.39, 0.29) is 0 Å². The van der Waals surface area contributed by atoms with E-state index in [0.717, 1.165) is 4.47 Å². The van der Waals surface area contributed by atoms with E-state index in [2.05, 4.69) is 20.7 Å². The Morgan fingerprint density at radius 3 is 2.86 bits per heavy atom. The molecule has 1 aromatic rings. The molecule has 76 valence electrons. The molecule has 1 aromatic carbocycles. The molecule has 0 radical (unpaired) electrons. The Hall–Kier alpha value is -0.580. The van der Waals surface area contributed by atoms with Gasteiger partial charge in [-0.3, -0.25) is 4.79 Å². The minimum Gasteiger partial charge on any atom is -0.468 e. The maximum absolute atomic E-state index is 11.2. The normalized spacial score (nSPS) is 12.3. The van der Waals surface area contributed by atoms with Crippen LogP contribution in [-0.4, -0.2) is 13.1 Å². The summed E-state index contributed by atoms with van der Waals surface area (Å²) in [7, 11) is 1.29. The number of methoxy groups -OCH3 is 1. The smallest absolute Gasteiger partial charge is 0.327 e. The van der Waals surface area contributed by atoms with Gasteiger partial charge in [-0.1, -0.05) is 27.5 Å². The first-order chi connectivity index (χ1) is 6.56. The summed E-state index contributed by atoms with van der Waals surface area (Å²) < 4.78 is 5.27. The van der Waals surface area contributed by atoms with E-state index in [1.54, 1.807) is 18.2 Å². The summed E-state index contributed by atoms with van der Waals surface area (Å²) in [5.74, 6) is -0.493. The third kappa shape index (κ3) is 2.47. The number of benzene rings is 1. The van der Waals surface area contributed by atoms with Crippen molar-refractivity contribution in [1.29, 1.82) is 0 Å². The van der Waals surface area contributed by atoms with Gasteiger partial charge in [0.1, 0.15) is 6.04 Å². The van der Waals surface area contributed by atoms with E-state index in [1.807, 2.05) is 0 Å². The highest BCUT2D eigenvalue weighted by molar-refractivity contribution is 9.10. The minimum absolute atomic E-state index is 0.493. The van der Waals surface area contributed by atoms with Crippen LogP contribution in [0.5, 0.6) is 0 Å². The molecule has 0 heterocycles. The second-order valence-corrected chi connectivity index (χ2v) is 3.96. The SMILES string of the molecule is COC(=O)[C@@H](N)c1cc(Cl)ccc1Br. The highest BCUT2D eigenvalue weighted by Crippen LogP contribution is 2.26. The standard InChI is InChI=1S/C9H9BrClNO2/c1-14-9(13)8(12)6-4-5(11)2-3-7(6)10/h2-4,8H,12H2,1H3/t8-/m0/s1. The van der Waals surface area contributed by atoms with Gasteiger partial charge in [0, 0.05) is 9.50 Å². The zero-order chi connectivity index (χ0) is 10.7. The molecule has 2 N–H and O–H groups in total. The molecule has 0 aliphatic heterocycles. The monoisotopic (exact) mass is 277 g/mol. The molecule has 0 aliphatic carbocycles. The Bertz CT molecular complexity index is 357. The van der Waals surface area contributed by atoms with Gasteiger partial charge in [-0.2, -0.15) is 0 Å². The van der Waals surface area contributed by atoms with E-state index in [9.17, 15) is 4.79 Å². The lowest BCUT2D eigenvalue weighted by Crippen LogP contribution is -2.22. The minimum atomic E-state index is -0.812. The van der Waals surface area contributed by atoms with Gasteiger partial charge >= 0.3 is 5.97 Å². The van der Waals surface area contributed by atoms with Crippen molar-refractivity contribution < 1.29 is 9.53 Å². The van der Waals surface area contributed by atoms with Crippen LogP contribution in [0, 0.1) is 0 Å². The molecule has 3 nitrogen and oxygen atoms in total. The number of esters is 1. The lowest BCUT2D eigenvalue weighted by molar-refractivity contribution is -0.142. The molecule has 1 rings (SSSR count). The Morgan fingerprint density at radius 1 is 1.64 bits per heavy atom. The second-order valence-electron chi connectivity index (χ2n) is 2.67. The first-order valence-corrected chi connectivity index (χ1v) is 5.01. The topological polar surface area (TPSA) is 52.3 Å². The molecular formula is C9H9BrClNO2. The molecule has 0 fully saturated rings. The molecular weight excluding hydrogens is 269 g/mol. The lowest BCUT2D eigenvalue weighted by atomic mass is 10.1. The largest absolute Gasteiger partial charge is 0.468 e. The predicted molar refractivity (Wildman–Crippen MR) is 58.1 cm³/mol. The highest BCUT2D eigenvalue weighted by Gasteiger charge is 2.18. The molecule has 0 saturated heterocycles. The van der Waals surface area contributed by atoms with Gasteiger partial charge in [0.05, 0.1) is 7.11 Å². The number of carbonyl (C=O) groups is 1. The van der Waals surface area contributed by atoms with Crippen molar-refractivity contribution in [2.75, 3.05) is 7.11 Å². The number of hydrogen-bond donors (Lipinski definition) is 1. The fourth-order valence-corrected chi connectivity index (χ4v) is 1.68. The van der Waals surface area contributed by atoms with Gasteiger partial charge in [0.2, 0.25) is 0 Å². The summed E-state index contributed by atoms with van der Waals surface area (Å²) in [6.07, 6.45) is 0. The van der Waals surface area contributed by atoms with Gasteiger partial charge < -0.3 is 10.5 Å². The molecule has 1 atom stereocenters. The summed E-state index contributed by atoms with van der Waals surface area (Å²) in [5.41, 5.74) is 6.27. The first kappa shape index (κ1) is 11.5. The fourth-order valence-electron chi connectivity index (χ4n) is 1.01. The Kier molecular flexibility index (Phi) is 3.92. The molecule has 0 aliphatic rings. The number of carbonyl (C=O) groups excluding carboxylic acids is 1. The average Bonchev–Trinajstić information content (AvgIpc) is 2.19. The Morgan fingerprint density at radius 2 is 2.29 bits per heavy atom. The second kappa shape index (κ2) is 4.77. The molecule has 0 aromatic heterocycles. The van der Waals surface area contributed by atoms with E-state index in [0.29, 0.717) is 10.6 Å². The Labute approximate surface area is 95.3 Å². The van der Waals surface area contributed by atoms with Gasteiger partial charge in [0.15, 0.2) is 0 Å². The number of rotatable bonds is 2. The molecule has 0 saturated carbocycles. The van der Waals surface area contributed by atoms with Crippen LogP contribution in [0.15, 0.2) is 22.7 Å².